The van der Waals surface area contributed by atoms with Gasteiger partial charge in [-0.25, -0.2) is 0 Å². The van der Waals surface area contributed by atoms with Gasteiger partial charge in [-0.1, -0.05) is 18.2 Å². The highest BCUT2D eigenvalue weighted by Crippen LogP contribution is 2.17. The van der Waals surface area contributed by atoms with Crippen molar-refractivity contribution in [3.05, 3.63) is 48.0 Å². The average molecular weight is 424 g/mol. The molecule has 2 amide bonds. The van der Waals surface area contributed by atoms with E-state index in [0.29, 0.717) is 31.7 Å². The second kappa shape index (κ2) is 9.74. The van der Waals surface area contributed by atoms with Crippen LogP contribution in [0, 0.1) is 0 Å². The first kappa shape index (κ1) is 21.0. The van der Waals surface area contributed by atoms with Crippen molar-refractivity contribution in [2.24, 2.45) is 0 Å². The molecule has 0 bridgehead atoms. The maximum Gasteiger partial charge on any atom is 0.251 e. The van der Waals surface area contributed by atoms with Crippen molar-refractivity contribution in [2.75, 3.05) is 75.8 Å². The SMILES string of the molecule is CN1CCN(c2ccc(N3CCN(C(=O)CNC(=O)c4ccccc4)CC3)nn2)CC1. The number of nitrogens with one attached hydrogen (secondary N) is 1. The molecule has 2 aliphatic heterocycles. The van der Waals surface area contributed by atoms with Crippen molar-refractivity contribution in [3.63, 3.8) is 0 Å². The summed E-state index contributed by atoms with van der Waals surface area (Å²) in [7, 11) is 2.13. The van der Waals surface area contributed by atoms with Gasteiger partial charge in [0.15, 0.2) is 11.6 Å². The summed E-state index contributed by atoms with van der Waals surface area (Å²) in [4.78, 5) is 33.1. The summed E-state index contributed by atoms with van der Waals surface area (Å²) in [6.45, 7) is 6.59. The highest BCUT2D eigenvalue weighted by molar-refractivity contribution is 5.96. The van der Waals surface area contributed by atoms with Crippen LogP contribution in [-0.4, -0.2) is 97.8 Å². The maximum atomic E-state index is 12.5. The Kier molecular flexibility index (Phi) is 6.61. The first-order valence-corrected chi connectivity index (χ1v) is 10.7. The maximum absolute atomic E-state index is 12.5. The van der Waals surface area contributed by atoms with Crippen LogP contribution in [0.15, 0.2) is 42.5 Å². The van der Waals surface area contributed by atoms with Gasteiger partial charge >= 0.3 is 0 Å². The summed E-state index contributed by atoms with van der Waals surface area (Å²) >= 11 is 0. The lowest BCUT2D eigenvalue weighted by molar-refractivity contribution is -0.130. The molecule has 3 heterocycles. The van der Waals surface area contributed by atoms with Crippen molar-refractivity contribution in [1.82, 2.24) is 25.3 Å². The number of amides is 2. The van der Waals surface area contributed by atoms with Gasteiger partial charge in [0.05, 0.1) is 6.54 Å². The van der Waals surface area contributed by atoms with E-state index in [1.54, 1.807) is 29.2 Å². The number of benzene rings is 1. The summed E-state index contributed by atoms with van der Waals surface area (Å²) in [5.74, 6) is 1.45. The quantitative estimate of drug-likeness (QED) is 0.741. The van der Waals surface area contributed by atoms with Gasteiger partial charge < -0.3 is 24.9 Å². The second-order valence-corrected chi connectivity index (χ2v) is 7.96. The minimum atomic E-state index is -0.233. The number of aromatic nitrogens is 2. The molecule has 1 N–H and O–H groups in total. The van der Waals surface area contributed by atoms with Crippen molar-refractivity contribution < 1.29 is 9.59 Å². The second-order valence-electron chi connectivity index (χ2n) is 7.96. The van der Waals surface area contributed by atoms with Crippen LogP contribution < -0.4 is 15.1 Å². The van der Waals surface area contributed by atoms with Crippen molar-refractivity contribution in [3.8, 4) is 0 Å². The lowest BCUT2D eigenvalue weighted by Gasteiger charge is -2.36. The van der Waals surface area contributed by atoms with E-state index in [4.69, 9.17) is 0 Å². The highest BCUT2D eigenvalue weighted by atomic mass is 16.2. The molecule has 2 aliphatic rings. The number of carbonyl (C=O) groups is 2. The van der Waals surface area contributed by atoms with Crippen LogP contribution in [0.2, 0.25) is 0 Å². The largest absolute Gasteiger partial charge is 0.353 e. The van der Waals surface area contributed by atoms with Crippen molar-refractivity contribution in [1.29, 1.82) is 0 Å². The molecule has 2 fully saturated rings. The van der Waals surface area contributed by atoms with E-state index in [1.165, 1.54) is 0 Å². The van der Waals surface area contributed by atoms with Crippen LogP contribution in [0.5, 0.6) is 0 Å². The molecule has 0 unspecified atom stereocenters. The molecule has 4 rings (SSSR count). The minimum absolute atomic E-state index is 0.00720. The Morgan fingerprint density at radius 2 is 1.35 bits per heavy atom. The predicted molar refractivity (Wildman–Crippen MR) is 119 cm³/mol. The Bertz CT molecular complexity index is 874. The van der Waals surface area contributed by atoms with E-state index < -0.39 is 0 Å². The molecule has 0 aliphatic carbocycles. The van der Waals surface area contributed by atoms with Crippen LogP contribution in [0.1, 0.15) is 10.4 Å². The van der Waals surface area contributed by atoms with Crippen LogP contribution in [0.3, 0.4) is 0 Å². The molecule has 9 nitrogen and oxygen atoms in total. The van der Waals surface area contributed by atoms with E-state index >= 15 is 0 Å². The third-order valence-electron chi connectivity index (χ3n) is 5.86. The Balaban J connectivity index is 1.23. The number of hydrogen-bond donors (Lipinski definition) is 1. The smallest absolute Gasteiger partial charge is 0.251 e. The fraction of sp³-hybridized carbons (Fsp3) is 0.455. The Morgan fingerprint density at radius 3 is 1.90 bits per heavy atom. The molecule has 2 aromatic rings. The van der Waals surface area contributed by atoms with Gasteiger partial charge in [0, 0.05) is 57.9 Å². The van der Waals surface area contributed by atoms with Gasteiger partial charge in [-0.05, 0) is 31.3 Å². The molecule has 1 aromatic heterocycles. The first-order chi connectivity index (χ1) is 15.1. The fourth-order valence-electron chi connectivity index (χ4n) is 3.84. The molecule has 0 spiro atoms. The zero-order chi connectivity index (χ0) is 21.6. The monoisotopic (exact) mass is 423 g/mol. The summed E-state index contributed by atoms with van der Waals surface area (Å²) in [5, 5.41) is 11.5. The Labute approximate surface area is 182 Å². The zero-order valence-electron chi connectivity index (χ0n) is 17.9. The Hall–Kier alpha value is -3.20. The summed E-state index contributed by atoms with van der Waals surface area (Å²) in [6, 6.07) is 13.0. The molecule has 1 aromatic carbocycles. The summed E-state index contributed by atoms with van der Waals surface area (Å²) in [6.07, 6.45) is 0. The van der Waals surface area contributed by atoms with Crippen molar-refractivity contribution >= 4 is 23.5 Å². The minimum Gasteiger partial charge on any atom is -0.353 e. The van der Waals surface area contributed by atoms with Gasteiger partial charge in [0.25, 0.3) is 5.91 Å². The fourth-order valence-corrected chi connectivity index (χ4v) is 3.84. The first-order valence-electron chi connectivity index (χ1n) is 10.7. The summed E-state index contributed by atoms with van der Waals surface area (Å²) < 4.78 is 0. The third-order valence-corrected chi connectivity index (χ3v) is 5.86. The number of carbonyl (C=O) groups excluding carboxylic acids is 2. The molecule has 164 valence electrons. The van der Waals surface area contributed by atoms with E-state index in [-0.39, 0.29) is 18.4 Å². The highest BCUT2D eigenvalue weighted by Gasteiger charge is 2.23. The van der Waals surface area contributed by atoms with Crippen LogP contribution in [0.4, 0.5) is 11.6 Å². The Morgan fingerprint density at radius 1 is 0.806 bits per heavy atom. The molecule has 2 saturated heterocycles. The third kappa shape index (κ3) is 5.29. The number of piperazine rings is 2. The van der Waals surface area contributed by atoms with Crippen molar-refractivity contribution in [2.45, 2.75) is 0 Å². The molecular weight excluding hydrogens is 394 g/mol. The van der Waals surface area contributed by atoms with Crippen LogP contribution in [-0.2, 0) is 4.79 Å². The van der Waals surface area contributed by atoms with E-state index in [1.807, 2.05) is 18.2 Å². The molecule has 0 radical (unpaired) electrons. The standard InChI is InChI=1S/C22H29N7O2/c1-26-9-11-27(12-10-26)19-7-8-20(25-24-19)28-13-15-29(16-14-28)21(30)17-23-22(31)18-5-3-2-4-6-18/h2-8H,9-17H2,1H3,(H,23,31). The van der Waals surface area contributed by atoms with Crippen LogP contribution >= 0.6 is 0 Å². The lowest BCUT2D eigenvalue weighted by atomic mass is 10.2. The van der Waals surface area contributed by atoms with Gasteiger partial charge in [-0.3, -0.25) is 9.59 Å². The van der Waals surface area contributed by atoms with Gasteiger partial charge in [0.2, 0.25) is 5.91 Å². The van der Waals surface area contributed by atoms with Gasteiger partial charge in [0.1, 0.15) is 0 Å². The van der Waals surface area contributed by atoms with Gasteiger partial charge in [-0.15, -0.1) is 10.2 Å². The topological polar surface area (TPSA) is 84.9 Å². The number of likely N-dealkylation sites (N-methyl/N-ethyl adjacent to an activating group) is 1. The number of anilines is 2. The predicted octanol–water partition coefficient (Wildman–Crippen LogP) is 0.307. The normalized spacial score (nSPS) is 17.5. The molecule has 31 heavy (non-hydrogen) atoms. The molecule has 0 saturated carbocycles. The van der Waals surface area contributed by atoms with E-state index in [0.717, 1.165) is 37.8 Å². The number of rotatable bonds is 5. The molecular formula is C22H29N7O2. The van der Waals surface area contributed by atoms with E-state index in [2.05, 4.69) is 37.3 Å². The van der Waals surface area contributed by atoms with E-state index in [9.17, 15) is 9.59 Å². The summed E-state index contributed by atoms with van der Waals surface area (Å²) in [5.41, 5.74) is 0.554. The lowest BCUT2D eigenvalue weighted by Crippen LogP contribution is -2.51. The van der Waals surface area contributed by atoms with Crippen LogP contribution in [0.25, 0.3) is 0 Å². The average Bonchev–Trinajstić information content (AvgIpc) is 2.83. The molecule has 0 atom stereocenters. The molecule has 9 heteroatoms. The van der Waals surface area contributed by atoms with Gasteiger partial charge in [-0.2, -0.15) is 0 Å². The number of hydrogen-bond acceptors (Lipinski definition) is 7. The number of nitrogens with zero attached hydrogens (tertiary/aromatic N) is 6. The zero-order valence-corrected chi connectivity index (χ0v) is 17.9.